The Hall–Kier alpha value is -2.09. The highest BCUT2D eigenvalue weighted by Crippen LogP contribution is 2.14. The van der Waals surface area contributed by atoms with Gasteiger partial charge in [-0.3, -0.25) is 4.99 Å². The minimum absolute atomic E-state index is 0.0490. The van der Waals surface area contributed by atoms with E-state index in [1.807, 2.05) is 54.6 Å². The summed E-state index contributed by atoms with van der Waals surface area (Å²) >= 11 is 6.11. The van der Waals surface area contributed by atoms with Crippen molar-refractivity contribution < 1.29 is 8.42 Å². The molecule has 0 aromatic heterocycles. The molecule has 0 aliphatic rings. The van der Waals surface area contributed by atoms with Gasteiger partial charge in [-0.05, 0) is 17.2 Å². The van der Waals surface area contributed by atoms with Gasteiger partial charge in [0.1, 0.15) is 0 Å². The molecule has 8 heteroatoms. The van der Waals surface area contributed by atoms with Crippen LogP contribution in [0.1, 0.15) is 11.1 Å². The molecule has 0 aliphatic heterocycles. The van der Waals surface area contributed by atoms with E-state index in [2.05, 4.69) is 20.3 Å². The second kappa shape index (κ2) is 10.2. The van der Waals surface area contributed by atoms with E-state index in [9.17, 15) is 8.42 Å². The van der Waals surface area contributed by atoms with Crippen LogP contribution < -0.4 is 15.4 Å². The second-order valence-corrected chi connectivity index (χ2v) is 7.90. The number of sulfonamides is 1. The minimum atomic E-state index is -3.37. The molecule has 0 fully saturated rings. The molecule has 0 saturated heterocycles. The van der Waals surface area contributed by atoms with Gasteiger partial charge in [-0.2, -0.15) is 0 Å². The molecule has 0 unspecified atom stereocenters. The molecule has 0 saturated carbocycles. The first kappa shape index (κ1) is 20.2. The first-order valence-corrected chi connectivity index (χ1v) is 10.2. The summed E-state index contributed by atoms with van der Waals surface area (Å²) in [7, 11) is -1.74. The number of hydrogen-bond acceptors (Lipinski definition) is 3. The molecule has 0 aliphatic carbocycles. The Morgan fingerprint density at radius 3 is 2.38 bits per heavy atom. The van der Waals surface area contributed by atoms with Gasteiger partial charge in [-0.15, -0.1) is 0 Å². The highest BCUT2D eigenvalue weighted by molar-refractivity contribution is 7.89. The van der Waals surface area contributed by atoms with Crippen LogP contribution >= 0.6 is 11.6 Å². The fraction of sp³-hybridized carbons (Fsp3) is 0.278. The lowest BCUT2D eigenvalue weighted by atomic mass is 10.2. The van der Waals surface area contributed by atoms with Crippen LogP contribution in [0.5, 0.6) is 0 Å². The van der Waals surface area contributed by atoms with Gasteiger partial charge in [-0.25, -0.2) is 13.1 Å². The van der Waals surface area contributed by atoms with Crippen molar-refractivity contribution in [2.75, 3.05) is 19.3 Å². The van der Waals surface area contributed by atoms with E-state index in [1.54, 1.807) is 7.05 Å². The van der Waals surface area contributed by atoms with E-state index in [1.165, 1.54) is 0 Å². The zero-order chi connectivity index (χ0) is 18.8. The molecular formula is C18H23ClN4O2S. The lowest BCUT2D eigenvalue weighted by Crippen LogP contribution is -2.40. The molecule has 0 heterocycles. The Labute approximate surface area is 159 Å². The van der Waals surface area contributed by atoms with E-state index in [0.717, 1.165) is 11.1 Å². The molecule has 0 atom stereocenters. The second-order valence-electron chi connectivity index (χ2n) is 5.57. The molecule has 6 nitrogen and oxygen atoms in total. The van der Waals surface area contributed by atoms with Crippen molar-refractivity contribution in [1.29, 1.82) is 0 Å². The SMILES string of the molecule is CN=C(NCCS(=O)(=O)NCc1ccccc1)NCc1ccccc1Cl. The van der Waals surface area contributed by atoms with E-state index in [4.69, 9.17) is 11.6 Å². The van der Waals surface area contributed by atoms with Crippen molar-refractivity contribution in [2.24, 2.45) is 4.99 Å². The largest absolute Gasteiger partial charge is 0.355 e. The third-order valence-electron chi connectivity index (χ3n) is 3.63. The third kappa shape index (κ3) is 7.03. The molecule has 2 aromatic carbocycles. The molecule has 2 aromatic rings. The maximum absolute atomic E-state index is 12.1. The Bertz CT molecular complexity index is 826. The zero-order valence-corrected chi connectivity index (χ0v) is 16.1. The monoisotopic (exact) mass is 394 g/mol. The van der Waals surface area contributed by atoms with Crippen molar-refractivity contribution in [3.63, 3.8) is 0 Å². The first-order chi connectivity index (χ1) is 12.5. The summed E-state index contributed by atoms with van der Waals surface area (Å²) in [5.41, 5.74) is 1.86. The van der Waals surface area contributed by atoms with Crippen molar-refractivity contribution >= 4 is 27.6 Å². The third-order valence-corrected chi connectivity index (χ3v) is 5.32. The molecule has 0 bridgehead atoms. The number of nitrogens with zero attached hydrogens (tertiary/aromatic N) is 1. The minimum Gasteiger partial charge on any atom is -0.355 e. The van der Waals surface area contributed by atoms with Crippen LogP contribution in [0.25, 0.3) is 0 Å². The maximum Gasteiger partial charge on any atom is 0.213 e. The molecule has 0 amide bonds. The van der Waals surface area contributed by atoms with Gasteiger partial charge in [0.25, 0.3) is 0 Å². The van der Waals surface area contributed by atoms with Crippen LogP contribution in [-0.4, -0.2) is 33.7 Å². The van der Waals surface area contributed by atoms with Crippen molar-refractivity contribution in [2.45, 2.75) is 13.1 Å². The fourth-order valence-corrected chi connectivity index (χ4v) is 3.31. The first-order valence-electron chi connectivity index (χ1n) is 8.19. The number of halogens is 1. The van der Waals surface area contributed by atoms with Gasteiger partial charge in [0.15, 0.2) is 5.96 Å². The van der Waals surface area contributed by atoms with Gasteiger partial charge in [0, 0.05) is 31.7 Å². The summed E-state index contributed by atoms with van der Waals surface area (Å²) < 4.78 is 26.7. The summed E-state index contributed by atoms with van der Waals surface area (Å²) in [6.07, 6.45) is 0. The molecule has 2 rings (SSSR count). The van der Waals surface area contributed by atoms with Crippen LogP contribution in [0.3, 0.4) is 0 Å². The van der Waals surface area contributed by atoms with Gasteiger partial charge < -0.3 is 10.6 Å². The summed E-state index contributed by atoms with van der Waals surface area (Å²) in [5, 5.41) is 6.77. The number of guanidine groups is 1. The van der Waals surface area contributed by atoms with E-state index in [-0.39, 0.29) is 18.8 Å². The molecule has 140 valence electrons. The maximum atomic E-state index is 12.1. The quantitative estimate of drug-likeness (QED) is 0.473. The summed E-state index contributed by atoms with van der Waals surface area (Å²) in [4.78, 5) is 4.08. The van der Waals surface area contributed by atoms with Crippen LogP contribution in [-0.2, 0) is 23.1 Å². The predicted octanol–water partition coefficient (Wildman–Crippen LogP) is 2.12. The predicted molar refractivity (Wildman–Crippen MR) is 107 cm³/mol. The van der Waals surface area contributed by atoms with Crippen LogP contribution in [0.2, 0.25) is 5.02 Å². The number of nitrogens with one attached hydrogen (secondary N) is 3. The fourth-order valence-electron chi connectivity index (χ4n) is 2.21. The summed E-state index contributed by atoms with van der Waals surface area (Å²) in [6.45, 7) is 1.02. The Morgan fingerprint density at radius 2 is 1.69 bits per heavy atom. The summed E-state index contributed by atoms with van der Waals surface area (Å²) in [5.74, 6) is 0.468. The zero-order valence-electron chi connectivity index (χ0n) is 14.6. The average molecular weight is 395 g/mol. The smallest absolute Gasteiger partial charge is 0.213 e. The normalized spacial score (nSPS) is 12.0. The highest BCUT2D eigenvalue weighted by atomic mass is 35.5. The molecule has 26 heavy (non-hydrogen) atoms. The lowest BCUT2D eigenvalue weighted by Gasteiger charge is -2.13. The summed E-state index contributed by atoms with van der Waals surface area (Å²) in [6, 6.07) is 16.9. The van der Waals surface area contributed by atoms with E-state index in [0.29, 0.717) is 17.5 Å². The average Bonchev–Trinajstić information content (AvgIpc) is 2.65. The Kier molecular flexibility index (Phi) is 7.90. The van der Waals surface area contributed by atoms with Gasteiger partial charge in [-0.1, -0.05) is 60.1 Å². The Balaban J connectivity index is 1.75. The number of hydrogen-bond donors (Lipinski definition) is 3. The van der Waals surface area contributed by atoms with Crippen molar-refractivity contribution in [1.82, 2.24) is 15.4 Å². The van der Waals surface area contributed by atoms with E-state index >= 15 is 0 Å². The topological polar surface area (TPSA) is 82.6 Å². The van der Waals surface area contributed by atoms with Crippen LogP contribution in [0, 0.1) is 0 Å². The van der Waals surface area contributed by atoms with Crippen molar-refractivity contribution in [3.05, 3.63) is 70.7 Å². The van der Waals surface area contributed by atoms with Gasteiger partial charge in [0.05, 0.1) is 5.75 Å². The number of rotatable bonds is 8. The van der Waals surface area contributed by atoms with Crippen LogP contribution in [0.15, 0.2) is 59.6 Å². The molecule has 0 radical (unpaired) electrons. The Morgan fingerprint density at radius 1 is 1.00 bits per heavy atom. The lowest BCUT2D eigenvalue weighted by molar-refractivity contribution is 0.580. The van der Waals surface area contributed by atoms with Crippen LogP contribution in [0.4, 0.5) is 0 Å². The van der Waals surface area contributed by atoms with Gasteiger partial charge >= 0.3 is 0 Å². The van der Waals surface area contributed by atoms with Crippen molar-refractivity contribution in [3.8, 4) is 0 Å². The molecular weight excluding hydrogens is 372 g/mol. The van der Waals surface area contributed by atoms with E-state index < -0.39 is 10.0 Å². The highest BCUT2D eigenvalue weighted by Gasteiger charge is 2.10. The molecule has 0 spiro atoms. The molecule has 3 N–H and O–H groups in total. The standard InChI is InChI=1S/C18H23ClN4O2S/c1-20-18(22-14-16-9-5-6-10-17(16)19)21-11-12-26(24,25)23-13-15-7-3-2-4-8-15/h2-10,23H,11-14H2,1H3,(H2,20,21,22). The number of aliphatic imine (C=N–C) groups is 1. The van der Waals surface area contributed by atoms with Gasteiger partial charge in [0.2, 0.25) is 10.0 Å². The number of benzene rings is 2.